The van der Waals surface area contributed by atoms with E-state index >= 15 is 0 Å². The topological polar surface area (TPSA) is 111 Å². The Bertz CT molecular complexity index is 1380. The maximum absolute atomic E-state index is 13.5. The number of hydrogen-bond acceptors (Lipinski definition) is 6. The van der Waals surface area contributed by atoms with Crippen molar-refractivity contribution in [1.29, 1.82) is 0 Å². The van der Waals surface area contributed by atoms with E-state index in [1.807, 2.05) is 33.3 Å². The molecule has 0 aromatic carbocycles. The molecule has 10 heteroatoms. The third kappa shape index (κ3) is 52.8. The number of likely N-dealkylation sites (N-methyl/N-ethyl adjacent to an activating group) is 1. The van der Waals surface area contributed by atoms with Gasteiger partial charge in [0.05, 0.1) is 33.8 Å². The highest BCUT2D eigenvalue weighted by atomic mass is 31.2. The lowest BCUT2D eigenvalue weighted by Gasteiger charge is -2.27. The molecule has 0 saturated carbocycles. The first kappa shape index (κ1) is 70.0. The quantitative estimate of drug-likeness (QED) is 0.0205. The van der Waals surface area contributed by atoms with Gasteiger partial charge in [-0.3, -0.25) is 18.6 Å². The zero-order valence-electron chi connectivity index (χ0n) is 48.2. The summed E-state index contributed by atoms with van der Waals surface area (Å²) >= 11 is 0. The summed E-state index contributed by atoms with van der Waals surface area (Å²) in [6.45, 7) is 6.98. The van der Waals surface area contributed by atoms with Crippen molar-refractivity contribution in [3.05, 3.63) is 48.6 Å². The number of amides is 1. The van der Waals surface area contributed by atoms with Crippen molar-refractivity contribution >= 4 is 19.7 Å². The molecule has 0 heterocycles. The number of esters is 1. The minimum atomic E-state index is -4.45. The van der Waals surface area contributed by atoms with Gasteiger partial charge in [0.1, 0.15) is 19.3 Å². The van der Waals surface area contributed by atoms with Crippen LogP contribution in [0, 0.1) is 0 Å². The largest absolute Gasteiger partial charge is 0.472 e. The lowest BCUT2D eigenvalue weighted by Crippen LogP contribution is -2.47. The maximum atomic E-state index is 13.5. The molecule has 0 saturated heterocycles. The predicted octanol–water partition coefficient (Wildman–Crippen LogP) is 18.5. The second-order valence-corrected chi connectivity index (χ2v) is 23.3. The van der Waals surface area contributed by atoms with Crippen molar-refractivity contribution in [2.24, 2.45) is 0 Å². The van der Waals surface area contributed by atoms with Gasteiger partial charge in [-0.05, 0) is 89.5 Å². The Morgan fingerprint density at radius 3 is 1.31 bits per heavy atom. The van der Waals surface area contributed by atoms with E-state index in [4.69, 9.17) is 13.8 Å². The van der Waals surface area contributed by atoms with Crippen LogP contribution >= 0.6 is 7.82 Å². The molecule has 0 spiro atoms. The van der Waals surface area contributed by atoms with E-state index < -0.39 is 20.0 Å². The number of allylic oxidation sites excluding steroid dienone is 7. The maximum Gasteiger partial charge on any atom is 0.472 e. The number of hydrogen-bond donors (Lipinski definition) is 2. The summed E-state index contributed by atoms with van der Waals surface area (Å²) in [5.41, 5.74) is 0. The van der Waals surface area contributed by atoms with Crippen LogP contribution in [-0.2, 0) is 27.9 Å². The Labute approximate surface area is 446 Å². The lowest BCUT2D eigenvalue weighted by atomic mass is 10.0. The van der Waals surface area contributed by atoms with Gasteiger partial charge in [0.15, 0.2) is 0 Å². The normalized spacial score (nSPS) is 14.0. The molecule has 9 nitrogen and oxygen atoms in total. The fourth-order valence-electron chi connectivity index (χ4n) is 8.73. The number of nitrogens with zero attached hydrogens (tertiary/aromatic N) is 1. The highest BCUT2D eigenvalue weighted by Crippen LogP contribution is 2.43. The molecule has 0 bridgehead atoms. The van der Waals surface area contributed by atoms with Crippen LogP contribution < -0.4 is 5.32 Å². The molecule has 0 aromatic rings. The summed E-state index contributed by atoms with van der Waals surface area (Å²) in [5, 5.41) is 3.05. The fraction of sp³-hybridized carbons (Fsp3) is 0.839. The summed E-state index contributed by atoms with van der Waals surface area (Å²) in [5.74, 6) is -0.520. The minimum Gasteiger partial charge on any atom is -0.456 e. The van der Waals surface area contributed by atoms with Crippen molar-refractivity contribution in [2.75, 3.05) is 40.9 Å². The Hall–Kier alpha value is -2.03. The first-order valence-corrected chi connectivity index (χ1v) is 32.0. The van der Waals surface area contributed by atoms with Crippen molar-refractivity contribution in [3.8, 4) is 0 Å². The molecule has 0 radical (unpaired) electrons. The molecule has 3 unspecified atom stereocenters. The molecule has 0 aromatic heterocycles. The van der Waals surface area contributed by atoms with Crippen LogP contribution in [0.3, 0.4) is 0 Å². The molecule has 0 aliphatic heterocycles. The molecular weight excluding hydrogens is 916 g/mol. The van der Waals surface area contributed by atoms with E-state index in [2.05, 4.69) is 62.5 Å². The van der Waals surface area contributed by atoms with Gasteiger partial charge in [-0.15, -0.1) is 0 Å². The van der Waals surface area contributed by atoms with Crippen LogP contribution in [0.15, 0.2) is 48.6 Å². The number of nitrogens with one attached hydrogen (secondary N) is 1. The SMILES string of the molecule is CCCCC/C=C\C/C=C\CCCCCCCCCCCCCC(=O)NC(COP(=O)(O)OCC[N+](C)(C)C)C(/C=C\CCCCCCCCCCCC)OC(=O)CCCCC/C=C\CCCCCCCC. The van der Waals surface area contributed by atoms with Gasteiger partial charge in [0.2, 0.25) is 5.91 Å². The second-order valence-electron chi connectivity index (χ2n) is 21.9. The van der Waals surface area contributed by atoms with Gasteiger partial charge in [-0.1, -0.05) is 230 Å². The van der Waals surface area contributed by atoms with Crippen LogP contribution in [0.25, 0.3) is 0 Å². The molecule has 0 fully saturated rings. The Morgan fingerprint density at radius 1 is 0.486 bits per heavy atom. The summed E-state index contributed by atoms with van der Waals surface area (Å²) in [6.07, 6.45) is 63.9. The molecule has 0 aliphatic carbocycles. The predicted molar refractivity (Wildman–Crippen MR) is 309 cm³/mol. The molecule has 422 valence electrons. The van der Waals surface area contributed by atoms with E-state index in [9.17, 15) is 19.0 Å². The summed E-state index contributed by atoms with van der Waals surface area (Å²) in [7, 11) is 1.49. The average molecular weight is 1030 g/mol. The van der Waals surface area contributed by atoms with Gasteiger partial charge < -0.3 is 19.4 Å². The second kappa shape index (κ2) is 52.4. The van der Waals surface area contributed by atoms with E-state index in [0.29, 0.717) is 23.9 Å². The number of unbranched alkanes of at least 4 members (excludes halogenated alkanes) is 33. The van der Waals surface area contributed by atoms with Crippen molar-refractivity contribution in [1.82, 2.24) is 5.32 Å². The van der Waals surface area contributed by atoms with Crippen LogP contribution in [0.2, 0.25) is 0 Å². The first-order chi connectivity index (χ1) is 34.9. The summed E-state index contributed by atoms with van der Waals surface area (Å²) < 4.78 is 30.6. The van der Waals surface area contributed by atoms with Crippen molar-refractivity contribution < 1.29 is 37.3 Å². The van der Waals surface area contributed by atoms with Gasteiger partial charge in [0, 0.05) is 12.8 Å². The van der Waals surface area contributed by atoms with Gasteiger partial charge in [0.25, 0.3) is 0 Å². The van der Waals surface area contributed by atoms with Gasteiger partial charge >= 0.3 is 13.8 Å². The number of quaternary nitrogens is 1. The van der Waals surface area contributed by atoms with Gasteiger partial charge in [-0.25, -0.2) is 4.57 Å². The molecule has 72 heavy (non-hydrogen) atoms. The average Bonchev–Trinajstić information content (AvgIpc) is 3.34. The third-order valence-electron chi connectivity index (χ3n) is 13.5. The third-order valence-corrected chi connectivity index (χ3v) is 14.5. The Kier molecular flexibility index (Phi) is 50.9. The number of phosphoric ester groups is 1. The van der Waals surface area contributed by atoms with Crippen LogP contribution in [0.4, 0.5) is 0 Å². The van der Waals surface area contributed by atoms with E-state index in [1.165, 1.54) is 173 Å². The number of phosphoric acid groups is 1. The standard InChI is InChI=1S/C62H117N2O7P/c1-7-10-13-16-19-22-25-28-29-30-31-32-33-34-35-37-39-42-45-48-51-54-61(65)63-59(58-70-72(67,68)69-57-56-64(4,5)6)60(53-50-47-44-41-38-27-24-21-18-15-12-9-3)71-62(66)55-52-49-46-43-40-36-26-23-20-17-14-11-8-2/h19,22,28-29,36,40,50,53,59-60H,7-18,20-21,23-27,30-35,37-39,41-49,51-52,54-58H2,1-6H3,(H-,63,65,67,68)/p+1/b22-19-,29-28-,40-36-,53-50-. The summed E-state index contributed by atoms with van der Waals surface area (Å²) in [4.78, 5) is 37.6. The molecule has 3 atom stereocenters. The van der Waals surface area contributed by atoms with Crippen molar-refractivity contribution in [2.45, 2.75) is 296 Å². The Balaban J connectivity index is 5.23. The molecule has 1 amide bonds. The van der Waals surface area contributed by atoms with E-state index in [1.54, 1.807) is 0 Å². The monoisotopic (exact) mass is 1030 g/mol. The highest BCUT2D eigenvalue weighted by molar-refractivity contribution is 7.47. The lowest BCUT2D eigenvalue weighted by molar-refractivity contribution is -0.870. The minimum absolute atomic E-state index is 0.0380. The molecule has 2 N–H and O–H groups in total. The highest BCUT2D eigenvalue weighted by Gasteiger charge is 2.30. The number of carbonyl (C=O) groups is 2. The van der Waals surface area contributed by atoms with Crippen LogP contribution in [0.5, 0.6) is 0 Å². The Morgan fingerprint density at radius 2 is 0.847 bits per heavy atom. The van der Waals surface area contributed by atoms with Gasteiger partial charge in [-0.2, -0.15) is 0 Å². The number of ether oxygens (including phenoxy) is 1. The smallest absolute Gasteiger partial charge is 0.456 e. The first-order valence-electron chi connectivity index (χ1n) is 30.5. The molecule has 0 rings (SSSR count). The molecule has 0 aliphatic rings. The zero-order chi connectivity index (χ0) is 52.9. The number of carbonyl (C=O) groups excluding carboxylic acids is 2. The molecular formula is C62H118N2O7P+. The van der Waals surface area contributed by atoms with E-state index in [-0.39, 0.29) is 31.5 Å². The fourth-order valence-corrected chi connectivity index (χ4v) is 9.47. The van der Waals surface area contributed by atoms with Crippen molar-refractivity contribution in [3.63, 3.8) is 0 Å². The number of rotatable bonds is 55. The van der Waals surface area contributed by atoms with Crippen LogP contribution in [0.1, 0.15) is 284 Å². The zero-order valence-corrected chi connectivity index (χ0v) is 49.1. The summed E-state index contributed by atoms with van der Waals surface area (Å²) in [6, 6.07) is -0.853. The van der Waals surface area contributed by atoms with Crippen LogP contribution in [-0.4, -0.2) is 74.3 Å². The van der Waals surface area contributed by atoms with E-state index in [0.717, 1.165) is 70.6 Å².